The summed E-state index contributed by atoms with van der Waals surface area (Å²) in [5, 5.41) is 22.5. The van der Waals surface area contributed by atoms with Crippen LogP contribution >= 0.6 is 0 Å². The number of nitrogens with one attached hydrogen (secondary N) is 1. The minimum Gasteiger partial charge on any atom is -0.506 e. The number of hydrogen-bond acceptors (Lipinski definition) is 7. The van der Waals surface area contributed by atoms with Crippen molar-refractivity contribution in [2.75, 3.05) is 43.4 Å². The molecule has 8 heteroatoms. The number of nitriles is 1. The van der Waals surface area contributed by atoms with Crippen LogP contribution in [0.4, 0.5) is 11.4 Å². The molecule has 0 amide bonds. The molecule has 2 aliphatic heterocycles. The lowest BCUT2D eigenvalue weighted by Crippen LogP contribution is -2.61. The number of aliphatic hydroxyl groups is 1. The van der Waals surface area contributed by atoms with Gasteiger partial charge in [-0.2, -0.15) is 11.1 Å². The van der Waals surface area contributed by atoms with Crippen molar-refractivity contribution >= 4 is 17.1 Å². The van der Waals surface area contributed by atoms with Crippen LogP contribution in [0.5, 0.6) is 0 Å². The van der Waals surface area contributed by atoms with Crippen LogP contribution in [0.3, 0.4) is 0 Å². The molecule has 1 aromatic rings. The van der Waals surface area contributed by atoms with E-state index in [9.17, 15) is 10.4 Å². The lowest BCUT2D eigenvalue weighted by molar-refractivity contribution is -0.921. The minimum atomic E-state index is -1.57. The molecule has 3 rings (SSSR count). The SMILES string of the molecule is C[N+]1(N)CCN(c2ccc3c(c2)C(O)=C(C#N)C(N)(N)N3)CC1. The Labute approximate surface area is 134 Å². The molecule has 2 aliphatic rings. The maximum absolute atomic E-state index is 10.4. The van der Waals surface area contributed by atoms with Gasteiger partial charge in [0.05, 0.1) is 20.1 Å². The van der Waals surface area contributed by atoms with Crippen molar-refractivity contribution in [3.8, 4) is 6.07 Å². The summed E-state index contributed by atoms with van der Waals surface area (Å²) >= 11 is 0. The Balaban J connectivity index is 1.95. The molecule has 8 nitrogen and oxygen atoms in total. The Kier molecular flexibility index (Phi) is 3.46. The summed E-state index contributed by atoms with van der Waals surface area (Å²) < 4.78 is 0.510. The van der Waals surface area contributed by atoms with Crippen molar-refractivity contribution in [1.29, 1.82) is 5.26 Å². The first-order chi connectivity index (χ1) is 10.7. The minimum absolute atomic E-state index is 0.0769. The highest BCUT2D eigenvalue weighted by molar-refractivity contribution is 5.83. The number of aliphatic hydroxyl groups excluding tert-OH is 1. The van der Waals surface area contributed by atoms with E-state index < -0.39 is 5.79 Å². The van der Waals surface area contributed by atoms with Gasteiger partial charge >= 0.3 is 0 Å². The number of nitrogens with zero attached hydrogens (tertiary/aromatic N) is 3. The molecule has 1 saturated heterocycles. The monoisotopic (exact) mass is 316 g/mol. The molecule has 122 valence electrons. The van der Waals surface area contributed by atoms with Gasteiger partial charge in [0.1, 0.15) is 30.5 Å². The number of quaternary nitrogens is 1. The summed E-state index contributed by atoms with van der Waals surface area (Å²) in [6, 6.07) is 7.48. The molecule has 0 atom stereocenters. The van der Waals surface area contributed by atoms with Crippen LogP contribution in [0.1, 0.15) is 5.56 Å². The third kappa shape index (κ3) is 2.71. The van der Waals surface area contributed by atoms with Crippen molar-refractivity contribution in [3.63, 3.8) is 0 Å². The quantitative estimate of drug-likeness (QED) is 0.270. The van der Waals surface area contributed by atoms with Crippen molar-refractivity contribution < 1.29 is 9.70 Å². The van der Waals surface area contributed by atoms with E-state index in [1.807, 2.05) is 31.3 Å². The molecular weight excluding hydrogens is 294 g/mol. The lowest BCUT2D eigenvalue weighted by Gasteiger charge is -2.39. The van der Waals surface area contributed by atoms with Gasteiger partial charge in [0.15, 0.2) is 5.79 Å². The van der Waals surface area contributed by atoms with Crippen molar-refractivity contribution in [2.45, 2.75) is 5.79 Å². The first-order valence-electron chi connectivity index (χ1n) is 7.46. The number of likely N-dealkylation sites (N-methyl/N-ethyl adjacent to an activating group) is 1. The molecule has 1 fully saturated rings. The van der Waals surface area contributed by atoms with Gasteiger partial charge in [-0.15, -0.1) is 0 Å². The second-order valence-corrected chi connectivity index (χ2v) is 6.47. The number of rotatable bonds is 1. The Morgan fingerprint density at radius 1 is 1.35 bits per heavy atom. The maximum atomic E-state index is 10.4. The molecule has 0 aromatic heterocycles. The Bertz CT molecular complexity index is 707. The first kappa shape index (κ1) is 15.6. The summed E-state index contributed by atoms with van der Waals surface area (Å²) in [4.78, 5) is 2.21. The topological polar surface area (TPSA) is 137 Å². The molecule has 0 aliphatic carbocycles. The Hall–Kier alpha value is -2.31. The molecular formula is C15H22N7O+. The highest BCUT2D eigenvalue weighted by Gasteiger charge is 2.35. The van der Waals surface area contributed by atoms with Crippen LogP contribution < -0.4 is 27.5 Å². The van der Waals surface area contributed by atoms with E-state index in [-0.39, 0.29) is 11.3 Å². The molecule has 0 unspecified atom stereocenters. The van der Waals surface area contributed by atoms with Crippen LogP contribution in [0, 0.1) is 11.3 Å². The molecule has 0 radical (unpaired) electrons. The van der Waals surface area contributed by atoms with Crippen LogP contribution in [0.15, 0.2) is 23.8 Å². The summed E-state index contributed by atoms with van der Waals surface area (Å²) in [7, 11) is 2.00. The standard InChI is InChI=1S/C15H21N7O/c1-22(19)6-4-21(5-7-22)10-2-3-13-11(8-10)14(23)12(9-16)15(17,18)20-13/h2-3,8,20H,4-7,17-19H2,1H3/p+1. The fourth-order valence-electron chi connectivity index (χ4n) is 2.98. The molecule has 2 heterocycles. The Morgan fingerprint density at radius 2 is 2.00 bits per heavy atom. The maximum Gasteiger partial charge on any atom is 0.179 e. The number of benzene rings is 1. The second-order valence-electron chi connectivity index (χ2n) is 6.47. The van der Waals surface area contributed by atoms with E-state index in [0.717, 1.165) is 31.9 Å². The largest absolute Gasteiger partial charge is 0.506 e. The van der Waals surface area contributed by atoms with Crippen LogP contribution in [-0.2, 0) is 0 Å². The number of nitrogens with two attached hydrogens (primary N) is 3. The number of anilines is 2. The van der Waals surface area contributed by atoms with Crippen molar-refractivity contribution in [3.05, 3.63) is 29.3 Å². The van der Waals surface area contributed by atoms with Gasteiger partial charge in [-0.1, -0.05) is 0 Å². The average Bonchev–Trinajstić information content (AvgIpc) is 2.47. The highest BCUT2D eigenvalue weighted by Crippen LogP contribution is 2.36. The second kappa shape index (κ2) is 5.11. The fourth-order valence-corrected chi connectivity index (χ4v) is 2.98. The molecule has 0 saturated carbocycles. The number of hydrogen-bond donors (Lipinski definition) is 5. The summed E-state index contributed by atoms with van der Waals surface area (Å²) in [5.41, 5.74) is 13.7. The fraction of sp³-hybridized carbons (Fsp3) is 0.400. The predicted molar refractivity (Wildman–Crippen MR) is 88.7 cm³/mol. The summed E-state index contributed by atoms with van der Waals surface area (Å²) in [5.74, 6) is 4.36. The van der Waals surface area contributed by atoms with Gasteiger partial charge in [0.25, 0.3) is 0 Å². The van der Waals surface area contributed by atoms with Crippen LogP contribution in [-0.4, -0.2) is 48.7 Å². The van der Waals surface area contributed by atoms with Crippen LogP contribution in [0.25, 0.3) is 5.76 Å². The van der Waals surface area contributed by atoms with Gasteiger partial charge in [-0.3, -0.25) is 11.5 Å². The van der Waals surface area contributed by atoms with Gasteiger partial charge in [-0.05, 0) is 18.2 Å². The zero-order valence-electron chi connectivity index (χ0n) is 13.1. The summed E-state index contributed by atoms with van der Waals surface area (Å²) in [6.45, 7) is 3.34. The molecule has 23 heavy (non-hydrogen) atoms. The number of piperazine rings is 1. The highest BCUT2D eigenvalue weighted by atomic mass is 16.3. The molecule has 1 aromatic carbocycles. The third-order valence-corrected chi connectivity index (χ3v) is 4.49. The molecule has 0 spiro atoms. The van der Waals surface area contributed by atoms with E-state index in [2.05, 4.69) is 10.2 Å². The van der Waals surface area contributed by atoms with E-state index in [1.54, 1.807) is 0 Å². The first-order valence-corrected chi connectivity index (χ1v) is 7.46. The normalized spacial score (nSPS) is 22.1. The van der Waals surface area contributed by atoms with E-state index in [0.29, 0.717) is 15.8 Å². The molecule has 8 N–H and O–H groups in total. The van der Waals surface area contributed by atoms with E-state index in [1.165, 1.54) is 0 Å². The van der Waals surface area contributed by atoms with Gasteiger partial charge in [-0.25, -0.2) is 4.59 Å². The third-order valence-electron chi connectivity index (χ3n) is 4.49. The predicted octanol–water partition coefficient (Wildman–Crippen LogP) is -0.384. The summed E-state index contributed by atoms with van der Waals surface area (Å²) in [6.07, 6.45) is 0. The van der Waals surface area contributed by atoms with E-state index >= 15 is 0 Å². The smallest absolute Gasteiger partial charge is 0.179 e. The van der Waals surface area contributed by atoms with Crippen molar-refractivity contribution in [2.24, 2.45) is 17.3 Å². The average molecular weight is 316 g/mol. The van der Waals surface area contributed by atoms with E-state index in [4.69, 9.17) is 17.3 Å². The molecule has 0 bridgehead atoms. The van der Waals surface area contributed by atoms with Gasteiger partial charge < -0.3 is 15.3 Å². The van der Waals surface area contributed by atoms with Gasteiger partial charge in [0.2, 0.25) is 0 Å². The lowest BCUT2D eigenvalue weighted by atomic mass is 9.96. The van der Waals surface area contributed by atoms with Crippen LogP contribution in [0.2, 0.25) is 0 Å². The van der Waals surface area contributed by atoms with Gasteiger partial charge in [0, 0.05) is 16.9 Å². The zero-order valence-corrected chi connectivity index (χ0v) is 13.1. The van der Waals surface area contributed by atoms with Crippen molar-refractivity contribution in [1.82, 2.24) is 0 Å². The zero-order chi connectivity index (χ0) is 16.8. The number of fused-ring (bicyclic) bond motifs is 1. The Morgan fingerprint density at radius 3 is 2.61 bits per heavy atom.